The van der Waals surface area contributed by atoms with E-state index in [0.717, 1.165) is 32.7 Å². The summed E-state index contributed by atoms with van der Waals surface area (Å²) in [5.74, 6) is 0. The van der Waals surface area contributed by atoms with Gasteiger partial charge in [0.05, 0.1) is 12.6 Å². The summed E-state index contributed by atoms with van der Waals surface area (Å²) < 4.78 is 4.95. The number of carbonyl (C=O) groups excluding carboxylic acids is 1. The molecule has 2 rings (SSSR count). The molecule has 1 aromatic rings. The summed E-state index contributed by atoms with van der Waals surface area (Å²) in [5.41, 5.74) is 1.25. The van der Waals surface area contributed by atoms with Gasteiger partial charge in [0.25, 0.3) is 0 Å². The minimum absolute atomic E-state index is 0.139. The fourth-order valence-corrected chi connectivity index (χ4v) is 3.04. The van der Waals surface area contributed by atoms with Crippen molar-refractivity contribution >= 4 is 6.03 Å². The van der Waals surface area contributed by atoms with Crippen LogP contribution in [-0.2, 0) is 4.74 Å². The molecule has 6 nitrogen and oxygen atoms in total. The van der Waals surface area contributed by atoms with Crippen LogP contribution in [0.3, 0.4) is 0 Å². The predicted octanol–water partition coefficient (Wildman–Crippen LogP) is 1.31. The van der Waals surface area contributed by atoms with E-state index in [1.165, 1.54) is 5.56 Å². The second-order valence-electron chi connectivity index (χ2n) is 6.03. The highest BCUT2D eigenvalue weighted by Gasteiger charge is 2.24. The van der Waals surface area contributed by atoms with Crippen molar-refractivity contribution in [1.82, 2.24) is 20.4 Å². The number of nitrogens with zero attached hydrogens (tertiary/aromatic N) is 2. The number of ether oxygens (including phenoxy) is 1. The lowest BCUT2D eigenvalue weighted by Gasteiger charge is -2.39. The molecule has 1 aromatic carbocycles. The highest BCUT2D eigenvalue weighted by atomic mass is 16.5. The Bertz CT molecular complexity index is 475. The number of urea groups is 1. The Kier molecular flexibility index (Phi) is 8.01. The van der Waals surface area contributed by atoms with Crippen LogP contribution in [0, 0.1) is 0 Å². The summed E-state index contributed by atoms with van der Waals surface area (Å²) in [4.78, 5) is 16.9. The average molecular weight is 334 g/mol. The molecule has 1 atom stereocenters. The first-order valence-electron chi connectivity index (χ1n) is 8.76. The predicted molar refractivity (Wildman–Crippen MR) is 96.1 cm³/mol. The molecule has 1 aliphatic rings. The standard InChI is InChI=1S/C18H30N4O2/c1-3-21-10-12-22(13-11-21)17(16-7-5-4-6-8-16)15-20-18(23)19-9-14-24-2/h4-8,17H,3,9-15H2,1-2H3,(H2,19,20,23). The van der Waals surface area contributed by atoms with E-state index < -0.39 is 0 Å². The number of amides is 2. The van der Waals surface area contributed by atoms with Crippen molar-refractivity contribution in [2.45, 2.75) is 13.0 Å². The first-order chi connectivity index (χ1) is 11.7. The van der Waals surface area contributed by atoms with Gasteiger partial charge in [-0.25, -0.2) is 4.79 Å². The molecule has 134 valence electrons. The van der Waals surface area contributed by atoms with Crippen LogP contribution >= 0.6 is 0 Å². The molecule has 1 saturated heterocycles. The van der Waals surface area contributed by atoms with E-state index in [2.05, 4.69) is 51.6 Å². The molecule has 24 heavy (non-hydrogen) atoms. The van der Waals surface area contributed by atoms with Crippen LogP contribution in [0.1, 0.15) is 18.5 Å². The zero-order chi connectivity index (χ0) is 17.2. The second kappa shape index (κ2) is 10.3. The van der Waals surface area contributed by atoms with Gasteiger partial charge in [0.1, 0.15) is 0 Å². The van der Waals surface area contributed by atoms with E-state index in [1.807, 2.05) is 6.07 Å². The third-order valence-corrected chi connectivity index (χ3v) is 4.53. The Balaban J connectivity index is 1.93. The number of hydrogen-bond donors (Lipinski definition) is 2. The highest BCUT2D eigenvalue weighted by molar-refractivity contribution is 5.73. The third-order valence-electron chi connectivity index (χ3n) is 4.53. The van der Waals surface area contributed by atoms with E-state index in [1.54, 1.807) is 7.11 Å². The number of methoxy groups -OCH3 is 1. The number of rotatable bonds is 8. The first kappa shape index (κ1) is 18.7. The summed E-state index contributed by atoms with van der Waals surface area (Å²) in [7, 11) is 1.63. The van der Waals surface area contributed by atoms with Crippen molar-refractivity contribution in [2.24, 2.45) is 0 Å². The van der Waals surface area contributed by atoms with E-state index >= 15 is 0 Å². The van der Waals surface area contributed by atoms with E-state index in [4.69, 9.17) is 4.74 Å². The van der Waals surface area contributed by atoms with Crippen molar-refractivity contribution in [3.8, 4) is 0 Å². The Hall–Kier alpha value is -1.63. The zero-order valence-electron chi connectivity index (χ0n) is 14.8. The van der Waals surface area contributed by atoms with Crippen molar-refractivity contribution in [3.05, 3.63) is 35.9 Å². The van der Waals surface area contributed by atoms with Crippen LogP contribution in [0.2, 0.25) is 0 Å². The van der Waals surface area contributed by atoms with Gasteiger partial charge in [-0.3, -0.25) is 4.90 Å². The van der Waals surface area contributed by atoms with Gasteiger partial charge in [0.15, 0.2) is 0 Å². The van der Waals surface area contributed by atoms with Crippen LogP contribution < -0.4 is 10.6 Å². The van der Waals surface area contributed by atoms with Crippen LogP contribution in [0.5, 0.6) is 0 Å². The number of likely N-dealkylation sites (N-methyl/N-ethyl adjacent to an activating group) is 1. The number of nitrogens with one attached hydrogen (secondary N) is 2. The maximum Gasteiger partial charge on any atom is 0.314 e. The number of hydrogen-bond acceptors (Lipinski definition) is 4. The maximum absolute atomic E-state index is 11.9. The van der Waals surface area contributed by atoms with E-state index in [9.17, 15) is 4.79 Å². The van der Waals surface area contributed by atoms with Gasteiger partial charge < -0.3 is 20.3 Å². The van der Waals surface area contributed by atoms with Gasteiger partial charge in [-0.2, -0.15) is 0 Å². The molecule has 2 amide bonds. The van der Waals surface area contributed by atoms with Gasteiger partial charge in [-0.1, -0.05) is 37.3 Å². The SMILES string of the molecule is CCN1CCN(C(CNC(=O)NCCOC)c2ccccc2)CC1. The Morgan fingerprint density at radius 3 is 2.50 bits per heavy atom. The Labute approximate surface area is 145 Å². The normalized spacial score (nSPS) is 17.4. The molecule has 1 fully saturated rings. The molecule has 6 heteroatoms. The summed E-state index contributed by atoms with van der Waals surface area (Å²) >= 11 is 0. The molecule has 1 heterocycles. The fraction of sp³-hybridized carbons (Fsp3) is 0.611. The summed E-state index contributed by atoms with van der Waals surface area (Å²) in [5, 5.41) is 5.81. The molecule has 0 aromatic heterocycles. The van der Waals surface area contributed by atoms with Crippen molar-refractivity contribution < 1.29 is 9.53 Å². The summed E-state index contributed by atoms with van der Waals surface area (Å²) in [6.45, 7) is 9.18. The lowest BCUT2D eigenvalue weighted by Crippen LogP contribution is -2.50. The van der Waals surface area contributed by atoms with Gasteiger partial charge in [0, 0.05) is 46.4 Å². The topological polar surface area (TPSA) is 56.8 Å². The maximum atomic E-state index is 11.9. The molecule has 0 aliphatic carbocycles. The van der Waals surface area contributed by atoms with E-state index in [-0.39, 0.29) is 12.1 Å². The number of benzene rings is 1. The average Bonchev–Trinajstić information content (AvgIpc) is 2.63. The molecular weight excluding hydrogens is 304 g/mol. The molecule has 1 aliphatic heterocycles. The van der Waals surface area contributed by atoms with E-state index in [0.29, 0.717) is 19.7 Å². The Morgan fingerprint density at radius 2 is 1.88 bits per heavy atom. The second-order valence-corrected chi connectivity index (χ2v) is 6.03. The zero-order valence-corrected chi connectivity index (χ0v) is 14.8. The third kappa shape index (κ3) is 5.78. The van der Waals surface area contributed by atoms with Crippen molar-refractivity contribution in [2.75, 3.05) is 59.5 Å². The van der Waals surface area contributed by atoms with Crippen LogP contribution in [-0.4, -0.2) is 75.4 Å². The monoisotopic (exact) mass is 334 g/mol. The summed E-state index contributed by atoms with van der Waals surface area (Å²) in [6, 6.07) is 10.5. The van der Waals surface area contributed by atoms with Gasteiger partial charge in [-0.15, -0.1) is 0 Å². The molecule has 2 N–H and O–H groups in total. The van der Waals surface area contributed by atoms with Crippen LogP contribution in [0.4, 0.5) is 4.79 Å². The highest BCUT2D eigenvalue weighted by Crippen LogP contribution is 2.21. The van der Waals surface area contributed by atoms with Gasteiger partial charge in [-0.05, 0) is 12.1 Å². The van der Waals surface area contributed by atoms with Crippen LogP contribution in [0.15, 0.2) is 30.3 Å². The van der Waals surface area contributed by atoms with Crippen molar-refractivity contribution in [1.29, 1.82) is 0 Å². The molecule has 0 saturated carbocycles. The number of piperazine rings is 1. The smallest absolute Gasteiger partial charge is 0.314 e. The van der Waals surface area contributed by atoms with Crippen LogP contribution in [0.25, 0.3) is 0 Å². The number of carbonyl (C=O) groups is 1. The molecular formula is C18H30N4O2. The quantitative estimate of drug-likeness (QED) is 0.704. The fourth-order valence-electron chi connectivity index (χ4n) is 3.04. The van der Waals surface area contributed by atoms with Gasteiger partial charge in [0.2, 0.25) is 0 Å². The largest absolute Gasteiger partial charge is 0.383 e. The Morgan fingerprint density at radius 1 is 1.17 bits per heavy atom. The first-order valence-corrected chi connectivity index (χ1v) is 8.76. The van der Waals surface area contributed by atoms with Gasteiger partial charge >= 0.3 is 6.03 Å². The lowest BCUT2D eigenvalue weighted by molar-refractivity contribution is 0.0989. The van der Waals surface area contributed by atoms with Crippen molar-refractivity contribution in [3.63, 3.8) is 0 Å². The molecule has 0 radical (unpaired) electrons. The minimum Gasteiger partial charge on any atom is -0.383 e. The summed E-state index contributed by atoms with van der Waals surface area (Å²) in [6.07, 6.45) is 0. The minimum atomic E-state index is -0.139. The molecule has 0 spiro atoms. The lowest BCUT2D eigenvalue weighted by atomic mass is 10.0. The molecule has 1 unspecified atom stereocenters. The molecule has 0 bridgehead atoms.